The zero-order valence-corrected chi connectivity index (χ0v) is 19.9. The van der Waals surface area contributed by atoms with Gasteiger partial charge in [0, 0.05) is 17.3 Å². The monoisotopic (exact) mass is 445 g/mol. The molecule has 2 aromatic rings. The van der Waals surface area contributed by atoms with E-state index < -0.39 is 6.10 Å². The van der Waals surface area contributed by atoms with E-state index in [9.17, 15) is 9.90 Å². The van der Waals surface area contributed by atoms with Gasteiger partial charge in [0.15, 0.2) is 5.78 Å². The SMILES string of the molecule is COc1ccc2c(c1)CC[C@@H]1[C@@H]2CC[C@]2(C)[C@@H](O)[C@@H](N/C(C)=C/C(=O)c3ccccc3)C[C@@H]12. The quantitative estimate of drug-likeness (QED) is 0.486. The summed E-state index contributed by atoms with van der Waals surface area (Å²) in [7, 11) is 1.73. The fourth-order valence-corrected chi connectivity index (χ4v) is 7.06. The van der Waals surface area contributed by atoms with Crippen molar-refractivity contribution in [2.75, 3.05) is 7.11 Å². The molecule has 0 spiro atoms. The number of aryl methyl sites for hydroxylation is 1. The van der Waals surface area contributed by atoms with Gasteiger partial charge in [0.2, 0.25) is 0 Å². The van der Waals surface area contributed by atoms with Gasteiger partial charge in [-0.05, 0) is 85.5 Å². The Hall–Kier alpha value is -2.59. The summed E-state index contributed by atoms with van der Waals surface area (Å²) in [6, 6.07) is 15.9. The molecule has 5 rings (SSSR count). The number of allylic oxidation sites excluding steroid dienone is 2. The van der Waals surface area contributed by atoms with Crippen molar-refractivity contribution in [1.29, 1.82) is 0 Å². The average Bonchev–Trinajstić information content (AvgIpc) is 3.09. The first-order chi connectivity index (χ1) is 15.9. The molecule has 3 aliphatic rings. The van der Waals surface area contributed by atoms with Gasteiger partial charge in [0.1, 0.15) is 5.75 Å². The van der Waals surface area contributed by atoms with Gasteiger partial charge in [-0.2, -0.15) is 0 Å². The first-order valence-corrected chi connectivity index (χ1v) is 12.3. The summed E-state index contributed by atoms with van der Waals surface area (Å²) in [4.78, 5) is 12.6. The molecule has 2 aromatic carbocycles. The van der Waals surface area contributed by atoms with Crippen LogP contribution >= 0.6 is 0 Å². The van der Waals surface area contributed by atoms with Crippen LogP contribution in [0.4, 0.5) is 0 Å². The largest absolute Gasteiger partial charge is 0.497 e. The minimum Gasteiger partial charge on any atom is -0.497 e. The second kappa shape index (κ2) is 8.64. The normalized spacial score (nSPS) is 33.0. The lowest BCUT2D eigenvalue weighted by atomic mass is 9.55. The van der Waals surface area contributed by atoms with E-state index in [1.165, 1.54) is 17.5 Å². The third kappa shape index (κ3) is 3.89. The zero-order valence-electron chi connectivity index (χ0n) is 19.9. The van der Waals surface area contributed by atoms with E-state index in [2.05, 4.69) is 30.4 Å². The van der Waals surface area contributed by atoms with Crippen LogP contribution in [0.15, 0.2) is 60.3 Å². The molecule has 2 saturated carbocycles. The molecule has 0 bridgehead atoms. The lowest BCUT2D eigenvalue weighted by molar-refractivity contribution is -0.0273. The average molecular weight is 446 g/mol. The summed E-state index contributed by atoms with van der Waals surface area (Å²) in [5.41, 5.74) is 4.36. The summed E-state index contributed by atoms with van der Waals surface area (Å²) in [5, 5.41) is 14.9. The highest BCUT2D eigenvalue weighted by molar-refractivity contribution is 6.04. The fourth-order valence-electron chi connectivity index (χ4n) is 7.06. The molecule has 0 radical (unpaired) electrons. The molecule has 0 heterocycles. The van der Waals surface area contributed by atoms with Crippen molar-refractivity contribution in [3.63, 3.8) is 0 Å². The van der Waals surface area contributed by atoms with Gasteiger partial charge < -0.3 is 15.2 Å². The molecule has 33 heavy (non-hydrogen) atoms. The molecule has 4 nitrogen and oxygen atoms in total. The number of ether oxygens (including phenoxy) is 1. The van der Waals surface area contributed by atoms with Crippen LogP contribution in [0.25, 0.3) is 0 Å². The highest BCUT2D eigenvalue weighted by atomic mass is 16.5. The van der Waals surface area contributed by atoms with Gasteiger partial charge in [0.05, 0.1) is 19.3 Å². The van der Waals surface area contributed by atoms with E-state index in [-0.39, 0.29) is 17.2 Å². The number of fused-ring (bicyclic) bond motifs is 5. The minimum absolute atomic E-state index is 0.00362. The van der Waals surface area contributed by atoms with Crippen LogP contribution in [-0.2, 0) is 6.42 Å². The number of rotatable bonds is 5. The summed E-state index contributed by atoms with van der Waals surface area (Å²) < 4.78 is 5.45. The maximum absolute atomic E-state index is 12.6. The molecule has 2 fully saturated rings. The third-order valence-corrected chi connectivity index (χ3v) is 8.75. The minimum atomic E-state index is -0.407. The van der Waals surface area contributed by atoms with Crippen LogP contribution in [0.1, 0.15) is 66.9 Å². The van der Waals surface area contributed by atoms with E-state index in [0.717, 1.165) is 37.1 Å². The van der Waals surface area contributed by atoms with Gasteiger partial charge in [-0.25, -0.2) is 0 Å². The molecule has 0 amide bonds. The Bertz CT molecular complexity index is 1060. The molecule has 174 valence electrons. The van der Waals surface area contributed by atoms with E-state index in [1.807, 2.05) is 37.3 Å². The lowest BCUT2D eigenvalue weighted by Crippen LogP contribution is -2.46. The van der Waals surface area contributed by atoms with Crippen LogP contribution in [-0.4, -0.2) is 30.1 Å². The number of methoxy groups -OCH3 is 1. The maximum atomic E-state index is 12.6. The van der Waals surface area contributed by atoms with E-state index in [0.29, 0.717) is 23.3 Å². The third-order valence-electron chi connectivity index (χ3n) is 8.75. The van der Waals surface area contributed by atoms with Crippen molar-refractivity contribution >= 4 is 5.78 Å². The van der Waals surface area contributed by atoms with Crippen molar-refractivity contribution < 1.29 is 14.6 Å². The highest BCUT2D eigenvalue weighted by Gasteiger charge is 2.58. The van der Waals surface area contributed by atoms with E-state index in [4.69, 9.17) is 4.74 Å². The molecule has 0 saturated heterocycles. The first kappa shape index (κ1) is 22.2. The Morgan fingerprint density at radius 3 is 2.73 bits per heavy atom. The second-order valence-electron chi connectivity index (χ2n) is 10.5. The molecule has 3 aliphatic carbocycles. The van der Waals surface area contributed by atoms with Crippen LogP contribution in [0.2, 0.25) is 0 Å². The van der Waals surface area contributed by atoms with Gasteiger partial charge in [0.25, 0.3) is 0 Å². The smallest absolute Gasteiger partial charge is 0.187 e. The Morgan fingerprint density at radius 1 is 1.18 bits per heavy atom. The number of benzene rings is 2. The molecule has 0 aliphatic heterocycles. The number of carbonyl (C=O) groups is 1. The molecular formula is C29H35NO3. The zero-order chi connectivity index (χ0) is 23.2. The fraction of sp³-hybridized carbons (Fsp3) is 0.483. The number of carbonyl (C=O) groups excluding carboxylic acids is 1. The van der Waals surface area contributed by atoms with Crippen molar-refractivity contribution in [1.82, 2.24) is 5.32 Å². The molecule has 6 atom stereocenters. The molecule has 0 unspecified atom stereocenters. The Labute approximate surface area is 197 Å². The van der Waals surface area contributed by atoms with Gasteiger partial charge in [-0.1, -0.05) is 43.3 Å². The predicted molar refractivity (Wildman–Crippen MR) is 130 cm³/mol. The maximum Gasteiger partial charge on any atom is 0.187 e. The summed E-state index contributed by atoms with van der Waals surface area (Å²) in [5.74, 6) is 2.59. The second-order valence-corrected chi connectivity index (χ2v) is 10.5. The number of aliphatic hydroxyl groups is 1. The molecule has 0 aromatic heterocycles. The van der Waals surface area contributed by atoms with Crippen LogP contribution in [0.5, 0.6) is 5.75 Å². The van der Waals surface area contributed by atoms with Crippen molar-refractivity contribution in [3.05, 3.63) is 77.0 Å². The van der Waals surface area contributed by atoms with Gasteiger partial charge in [-0.3, -0.25) is 4.79 Å². The van der Waals surface area contributed by atoms with Crippen molar-refractivity contribution in [3.8, 4) is 5.75 Å². The van der Waals surface area contributed by atoms with Crippen LogP contribution < -0.4 is 10.1 Å². The Balaban J connectivity index is 1.33. The first-order valence-electron chi connectivity index (χ1n) is 12.3. The summed E-state index contributed by atoms with van der Waals surface area (Å²) >= 11 is 0. The number of ketones is 1. The van der Waals surface area contributed by atoms with Crippen LogP contribution in [0, 0.1) is 17.3 Å². The predicted octanol–water partition coefficient (Wildman–Crippen LogP) is 5.27. The Kier molecular flexibility index (Phi) is 5.82. The van der Waals surface area contributed by atoms with E-state index in [1.54, 1.807) is 13.2 Å². The molecule has 4 heteroatoms. The van der Waals surface area contributed by atoms with E-state index >= 15 is 0 Å². The number of aliphatic hydroxyl groups excluding tert-OH is 1. The lowest BCUT2D eigenvalue weighted by Gasteiger charge is -2.50. The topological polar surface area (TPSA) is 58.6 Å². The van der Waals surface area contributed by atoms with Crippen molar-refractivity contribution in [2.24, 2.45) is 17.3 Å². The van der Waals surface area contributed by atoms with Gasteiger partial charge in [-0.15, -0.1) is 0 Å². The summed E-state index contributed by atoms with van der Waals surface area (Å²) in [6.07, 6.45) is 6.63. The van der Waals surface area contributed by atoms with Crippen LogP contribution in [0.3, 0.4) is 0 Å². The standard InChI is InChI=1S/C29H35NO3/c1-18(15-27(31)19-7-5-4-6-8-19)30-26-17-25-24-11-9-20-16-21(33-3)10-12-22(20)23(24)13-14-29(25,2)28(26)32/h4-8,10,12,15-16,23-26,28,30,32H,9,11,13-14,17H2,1-3H3/b18-15+/t23-,24-,25+,26+,28+,29+/m1/s1. The summed E-state index contributed by atoms with van der Waals surface area (Å²) in [6.45, 7) is 4.23. The number of nitrogens with one attached hydrogen (secondary N) is 1. The Morgan fingerprint density at radius 2 is 1.97 bits per heavy atom. The molecule has 2 N–H and O–H groups in total. The molecular weight excluding hydrogens is 410 g/mol. The van der Waals surface area contributed by atoms with Gasteiger partial charge >= 0.3 is 0 Å². The number of hydrogen-bond donors (Lipinski definition) is 2. The highest BCUT2D eigenvalue weighted by Crippen LogP contribution is 2.61. The van der Waals surface area contributed by atoms with Crippen molar-refractivity contribution in [2.45, 2.75) is 64.0 Å². The number of hydrogen-bond acceptors (Lipinski definition) is 4.